The molecule has 1 aromatic rings. The van der Waals surface area contributed by atoms with Gasteiger partial charge in [0.15, 0.2) is 0 Å². The standard InChI is InChI=1S/C11H12FNOS/c12-8-3-5-9(6-4-8)13-11(14)10-2-1-7-15-10/h3-6,10H,1-2,7H2,(H,13,14). The molecule has 0 spiro atoms. The van der Waals surface area contributed by atoms with E-state index in [4.69, 9.17) is 0 Å². The molecule has 1 N–H and O–H groups in total. The van der Waals surface area contributed by atoms with Crippen LogP contribution in [-0.2, 0) is 4.79 Å². The molecule has 0 aromatic heterocycles. The fourth-order valence-electron chi connectivity index (χ4n) is 1.54. The summed E-state index contributed by atoms with van der Waals surface area (Å²) in [6, 6.07) is 5.84. The predicted molar refractivity (Wildman–Crippen MR) is 60.5 cm³/mol. The molecule has 4 heteroatoms. The Kier molecular flexibility index (Phi) is 3.26. The quantitative estimate of drug-likeness (QED) is 0.838. The summed E-state index contributed by atoms with van der Waals surface area (Å²) in [7, 11) is 0. The highest BCUT2D eigenvalue weighted by molar-refractivity contribution is 8.00. The molecule has 1 aromatic carbocycles. The topological polar surface area (TPSA) is 29.1 Å². The number of benzene rings is 1. The van der Waals surface area contributed by atoms with Gasteiger partial charge in [0.25, 0.3) is 0 Å². The molecule has 1 amide bonds. The highest BCUT2D eigenvalue weighted by atomic mass is 32.2. The lowest BCUT2D eigenvalue weighted by Gasteiger charge is -2.09. The minimum absolute atomic E-state index is 0.0316. The third kappa shape index (κ3) is 2.72. The van der Waals surface area contributed by atoms with E-state index in [1.54, 1.807) is 23.9 Å². The number of amides is 1. The zero-order valence-electron chi connectivity index (χ0n) is 8.20. The van der Waals surface area contributed by atoms with Gasteiger partial charge in [0.05, 0.1) is 5.25 Å². The number of thioether (sulfide) groups is 1. The van der Waals surface area contributed by atoms with Crippen LogP contribution in [0.4, 0.5) is 10.1 Å². The van der Waals surface area contributed by atoms with Gasteiger partial charge in [-0.25, -0.2) is 4.39 Å². The number of rotatable bonds is 2. The molecule has 0 saturated carbocycles. The Balaban J connectivity index is 1.96. The van der Waals surface area contributed by atoms with Crippen LogP contribution in [0, 0.1) is 5.82 Å². The summed E-state index contributed by atoms with van der Waals surface area (Å²) in [5.41, 5.74) is 0.661. The molecule has 1 unspecified atom stereocenters. The van der Waals surface area contributed by atoms with E-state index in [0.29, 0.717) is 5.69 Å². The normalized spacial score (nSPS) is 20.2. The van der Waals surface area contributed by atoms with E-state index in [0.717, 1.165) is 18.6 Å². The SMILES string of the molecule is O=C(Nc1ccc(F)cc1)C1CCCS1. The van der Waals surface area contributed by atoms with Gasteiger partial charge < -0.3 is 5.32 Å². The molecule has 0 aliphatic carbocycles. The van der Waals surface area contributed by atoms with Crippen molar-refractivity contribution < 1.29 is 9.18 Å². The lowest BCUT2D eigenvalue weighted by Crippen LogP contribution is -2.22. The van der Waals surface area contributed by atoms with E-state index in [-0.39, 0.29) is 17.0 Å². The van der Waals surface area contributed by atoms with Gasteiger partial charge in [0.1, 0.15) is 5.82 Å². The van der Waals surface area contributed by atoms with Crippen LogP contribution in [0.5, 0.6) is 0 Å². The first-order chi connectivity index (χ1) is 7.25. The highest BCUT2D eigenvalue weighted by Gasteiger charge is 2.23. The Morgan fingerprint density at radius 3 is 2.73 bits per heavy atom. The van der Waals surface area contributed by atoms with Gasteiger partial charge in [-0.15, -0.1) is 11.8 Å². The molecule has 0 bridgehead atoms. The van der Waals surface area contributed by atoms with E-state index >= 15 is 0 Å². The number of anilines is 1. The van der Waals surface area contributed by atoms with Crippen LogP contribution in [0.15, 0.2) is 24.3 Å². The Morgan fingerprint density at radius 1 is 1.40 bits per heavy atom. The average molecular weight is 225 g/mol. The third-order valence-corrected chi connectivity index (χ3v) is 3.71. The summed E-state index contributed by atoms with van der Waals surface area (Å²) in [6.07, 6.45) is 2.05. The smallest absolute Gasteiger partial charge is 0.237 e. The van der Waals surface area contributed by atoms with Crippen molar-refractivity contribution in [3.05, 3.63) is 30.1 Å². The maximum atomic E-state index is 12.6. The van der Waals surface area contributed by atoms with E-state index in [9.17, 15) is 9.18 Å². The number of nitrogens with one attached hydrogen (secondary N) is 1. The maximum absolute atomic E-state index is 12.6. The summed E-state index contributed by atoms with van der Waals surface area (Å²) in [6.45, 7) is 0. The van der Waals surface area contributed by atoms with Gasteiger partial charge >= 0.3 is 0 Å². The van der Waals surface area contributed by atoms with Crippen LogP contribution in [-0.4, -0.2) is 16.9 Å². The molecule has 2 rings (SSSR count). The minimum atomic E-state index is -0.289. The minimum Gasteiger partial charge on any atom is -0.325 e. The highest BCUT2D eigenvalue weighted by Crippen LogP contribution is 2.27. The predicted octanol–water partition coefficient (Wildman–Crippen LogP) is 2.66. The first-order valence-electron chi connectivity index (χ1n) is 4.94. The molecular weight excluding hydrogens is 213 g/mol. The van der Waals surface area contributed by atoms with Crippen molar-refractivity contribution in [2.75, 3.05) is 11.1 Å². The van der Waals surface area contributed by atoms with Gasteiger partial charge in [-0.3, -0.25) is 4.79 Å². The Hall–Kier alpha value is -1.03. The van der Waals surface area contributed by atoms with Crippen molar-refractivity contribution in [2.45, 2.75) is 18.1 Å². The molecule has 1 fully saturated rings. The van der Waals surface area contributed by atoms with Crippen LogP contribution >= 0.6 is 11.8 Å². The summed E-state index contributed by atoms with van der Waals surface area (Å²) >= 11 is 1.69. The second-order valence-corrected chi connectivity index (χ2v) is 4.81. The molecule has 1 aliphatic rings. The van der Waals surface area contributed by atoms with Gasteiger partial charge in [0.2, 0.25) is 5.91 Å². The lowest BCUT2D eigenvalue weighted by molar-refractivity contribution is -0.115. The van der Waals surface area contributed by atoms with Crippen LogP contribution in [0.25, 0.3) is 0 Å². The van der Waals surface area contributed by atoms with E-state index in [1.807, 2.05) is 0 Å². The Morgan fingerprint density at radius 2 is 2.13 bits per heavy atom. The molecule has 1 aliphatic heterocycles. The van der Waals surface area contributed by atoms with Crippen molar-refractivity contribution in [3.8, 4) is 0 Å². The second-order valence-electron chi connectivity index (χ2n) is 3.50. The van der Waals surface area contributed by atoms with Crippen molar-refractivity contribution >= 4 is 23.4 Å². The fraction of sp³-hybridized carbons (Fsp3) is 0.364. The molecule has 15 heavy (non-hydrogen) atoms. The number of hydrogen-bond donors (Lipinski definition) is 1. The summed E-state index contributed by atoms with van der Waals surface area (Å²) in [4.78, 5) is 11.7. The fourth-order valence-corrected chi connectivity index (χ4v) is 2.70. The van der Waals surface area contributed by atoms with Crippen LogP contribution in [0.2, 0.25) is 0 Å². The van der Waals surface area contributed by atoms with Crippen molar-refractivity contribution in [1.82, 2.24) is 0 Å². The average Bonchev–Trinajstić information content (AvgIpc) is 2.74. The molecule has 1 saturated heterocycles. The van der Waals surface area contributed by atoms with Crippen LogP contribution < -0.4 is 5.32 Å². The van der Waals surface area contributed by atoms with Crippen molar-refractivity contribution in [3.63, 3.8) is 0 Å². The zero-order valence-corrected chi connectivity index (χ0v) is 9.02. The van der Waals surface area contributed by atoms with Crippen molar-refractivity contribution in [2.24, 2.45) is 0 Å². The molecule has 80 valence electrons. The largest absolute Gasteiger partial charge is 0.325 e. The van der Waals surface area contributed by atoms with E-state index in [2.05, 4.69) is 5.32 Å². The molecule has 0 radical (unpaired) electrons. The molecule has 1 atom stereocenters. The van der Waals surface area contributed by atoms with Gasteiger partial charge in [-0.2, -0.15) is 0 Å². The first-order valence-corrected chi connectivity index (χ1v) is 5.98. The number of hydrogen-bond acceptors (Lipinski definition) is 2. The van der Waals surface area contributed by atoms with Gasteiger partial charge in [0, 0.05) is 5.69 Å². The molecular formula is C11H12FNOS. The van der Waals surface area contributed by atoms with Crippen LogP contribution in [0.1, 0.15) is 12.8 Å². The number of carbonyl (C=O) groups excluding carboxylic acids is 1. The number of halogens is 1. The number of carbonyl (C=O) groups is 1. The zero-order chi connectivity index (χ0) is 10.7. The maximum Gasteiger partial charge on any atom is 0.237 e. The lowest BCUT2D eigenvalue weighted by atomic mass is 10.2. The van der Waals surface area contributed by atoms with Crippen LogP contribution in [0.3, 0.4) is 0 Å². The van der Waals surface area contributed by atoms with Gasteiger partial charge in [-0.05, 0) is 42.9 Å². The Bertz CT molecular complexity index is 346. The first kappa shape index (κ1) is 10.5. The van der Waals surface area contributed by atoms with Gasteiger partial charge in [-0.1, -0.05) is 0 Å². The second kappa shape index (κ2) is 4.66. The summed E-state index contributed by atoms with van der Waals surface area (Å²) < 4.78 is 12.6. The van der Waals surface area contributed by atoms with E-state index in [1.165, 1.54) is 12.1 Å². The molecule has 2 nitrogen and oxygen atoms in total. The third-order valence-electron chi connectivity index (χ3n) is 2.33. The Labute approximate surface area is 92.3 Å². The summed E-state index contributed by atoms with van der Waals surface area (Å²) in [5.74, 6) is 0.800. The molecule has 1 heterocycles. The van der Waals surface area contributed by atoms with Crippen molar-refractivity contribution in [1.29, 1.82) is 0 Å². The monoisotopic (exact) mass is 225 g/mol. The summed E-state index contributed by atoms with van der Waals surface area (Å²) in [5, 5.41) is 2.85. The van der Waals surface area contributed by atoms with E-state index < -0.39 is 0 Å².